The summed E-state index contributed by atoms with van der Waals surface area (Å²) in [7, 11) is -0.0884. The number of amides is 1. The molecule has 0 bridgehead atoms. The maximum Gasteiger partial charge on any atom is 0.276 e. The van der Waals surface area contributed by atoms with Gasteiger partial charge in [0.05, 0.1) is 24.2 Å². The van der Waals surface area contributed by atoms with Crippen LogP contribution in [-0.2, 0) is 21.8 Å². The monoisotopic (exact) mass is 470 g/mol. The highest BCUT2D eigenvalue weighted by molar-refractivity contribution is 7.89. The van der Waals surface area contributed by atoms with Crippen LogP contribution in [0.1, 0.15) is 16.9 Å². The van der Waals surface area contributed by atoms with Crippen molar-refractivity contribution in [3.05, 3.63) is 42.2 Å². The third-order valence-corrected chi connectivity index (χ3v) is 7.94. The van der Waals surface area contributed by atoms with E-state index >= 15 is 0 Å². The number of carbonyl (C=O) groups excluding carboxylic acids is 1. The number of aryl methyl sites for hydroxylation is 1. The van der Waals surface area contributed by atoms with Gasteiger partial charge in [-0.05, 0) is 24.6 Å². The van der Waals surface area contributed by atoms with E-state index in [0.29, 0.717) is 50.0 Å². The maximum atomic E-state index is 13.7. The molecule has 11 heteroatoms. The lowest BCUT2D eigenvalue weighted by atomic mass is 10.3. The summed E-state index contributed by atoms with van der Waals surface area (Å²) in [6, 6.07) is 9.01. The van der Waals surface area contributed by atoms with Gasteiger partial charge in [0.15, 0.2) is 11.6 Å². The van der Waals surface area contributed by atoms with Crippen molar-refractivity contribution in [2.24, 2.45) is 7.05 Å². The Labute approximate surface area is 192 Å². The number of aromatic nitrogens is 3. The number of anilines is 2. The molecule has 0 atom stereocenters. The van der Waals surface area contributed by atoms with Gasteiger partial charge in [-0.2, -0.15) is 4.31 Å². The van der Waals surface area contributed by atoms with Gasteiger partial charge in [0, 0.05) is 46.5 Å². The SMILES string of the molecule is CN1CCCN(C(=O)c2cc(S(=O)(=O)N3CCOCC3)cn2C)c2nc3ccccc3nc21. The van der Waals surface area contributed by atoms with Crippen LogP contribution < -0.4 is 9.80 Å². The standard InChI is InChI=1S/C22H26N6O4S/c1-25-8-5-9-28(21-20(25)23-17-6-3-4-7-18(17)24-21)22(29)19-14-16(15-26(19)2)33(30,31)27-10-12-32-13-11-27/h3-4,6-7,14-15H,5,8-13H2,1-2H3. The van der Waals surface area contributed by atoms with Crippen molar-refractivity contribution in [1.29, 1.82) is 0 Å². The molecule has 0 aliphatic carbocycles. The molecule has 2 aromatic heterocycles. The molecule has 0 unspecified atom stereocenters. The van der Waals surface area contributed by atoms with Gasteiger partial charge < -0.3 is 14.2 Å². The van der Waals surface area contributed by atoms with Crippen molar-refractivity contribution in [3.8, 4) is 0 Å². The Bertz CT molecular complexity index is 1320. The first-order valence-electron chi connectivity index (χ1n) is 10.9. The first-order valence-corrected chi connectivity index (χ1v) is 12.3. The molecule has 174 valence electrons. The largest absolute Gasteiger partial charge is 0.379 e. The highest BCUT2D eigenvalue weighted by atomic mass is 32.2. The number of hydrogen-bond acceptors (Lipinski definition) is 7. The summed E-state index contributed by atoms with van der Waals surface area (Å²) in [6.07, 6.45) is 2.23. The quantitative estimate of drug-likeness (QED) is 0.571. The smallest absolute Gasteiger partial charge is 0.276 e. The van der Waals surface area contributed by atoms with Crippen molar-refractivity contribution in [3.63, 3.8) is 0 Å². The van der Waals surface area contributed by atoms with E-state index in [-0.39, 0.29) is 16.5 Å². The van der Waals surface area contributed by atoms with Crippen LogP contribution in [0, 0.1) is 0 Å². The number of sulfonamides is 1. The van der Waals surface area contributed by atoms with Crippen LogP contribution in [0.5, 0.6) is 0 Å². The average Bonchev–Trinajstić information content (AvgIpc) is 3.16. The fourth-order valence-corrected chi connectivity index (χ4v) is 5.74. The lowest BCUT2D eigenvalue weighted by Crippen LogP contribution is -2.40. The van der Waals surface area contributed by atoms with Crippen molar-refractivity contribution in [1.82, 2.24) is 18.8 Å². The topological polar surface area (TPSA) is 101 Å². The number of fused-ring (bicyclic) bond motifs is 2. The van der Waals surface area contributed by atoms with Gasteiger partial charge in [-0.1, -0.05) is 12.1 Å². The van der Waals surface area contributed by atoms with Crippen molar-refractivity contribution in [2.45, 2.75) is 11.3 Å². The fraction of sp³-hybridized carbons (Fsp3) is 0.409. The number of rotatable bonds is 3. The van der Waals surface area contributed by atoms with E-state index in [4.69, 9.17) is 14.7 Å². The number of para-hydroxylation sites is 2. The van der Waals surface area contributed by atoms with Crippen LogP contribution in [-0.4, -0.2) is 79.6 Å². The Morgan fingerprint density at radius 1 is 0.970 bits per heavy atom. The van der Waals surface area contributed by atoms with E-state index in [1.54, 1.807) is 16.5 Å². The van der Waals surface area contributed by atoms with Gasteiger partial charge in [-0.25, -0.2) is 18.4 Å². The predicted molar refractivity (Wildman–Crippen MR) is 124 cm³/mol. The number of hydrogen-bond donors (Lipinski definition) is 0. The molecule has 1 amide bonds. The van der Waals surface area contributed by atoms with Gasteiger partial charge in [0.25, 0.3) is 5.91 Å². The maximum absolute atomic E-state index is 13.7. The first-order chi connectivity index (χ1) is 15.9. The molecule has 0 N–H and O–H groups in total. The molecule has 5 rings (SSSR count). The Kier molecular flexibility index (Phi) is 5.55. The van der Waals surface area contributed by atoms with Crippen molar-refractivity contribution in [2.75, 3.05) is 56.2 Å². The molecular weight excluding hydrogens is 444 g/mol. The Balaban J connectivity index is 1.54. The summed E-state index contributed by atoms with van der Waals surface area (Å²) in [4.78, 5) is 26.9. The molecule has 3 aromatic rings. The summed E-state index contributed by atoms with van der Waals surface area (Å²) < 4.78 is 34.4. The van der Waals surface area contributed by atoms with Gasteiger partial charge in [-0.3, -0.25) is 9.69 Å². The summed E-state index contributed by atoms with van der Waals surface area (Å²) in [6.45, 7) is 2.52. The number of carbonyl (C=O) groups is 1. The molecule has 4 heterocycles. The molecule has 33 heavy (non-hydrogen) atoms. The second kappa shape index (κ2) is 8.40. The van der Waals surface area contributed by atoms with Crippen LogP contribution >= 0.6 is 0 Å². The van der Waals surface area contributed by atoms with Gasteiger partial charge in [0.1, 0.15) is 10.6 Å². The van der Waals surface area contributed by atoms with Crippen LogP contribution in [0.2, 0.25) is 0 Å². The third-order valence-electron chi connectivity index (χ3n) is 6.08. The molecule has 1 fully saturated rings. The number of ether oxygens (including phenoxy) is 1. The minimum Gasteiger partial charge on any atom is -0.379 e. The van der Waals surface area contributed by atoms with Crippen LogP contribution in [0.25, 0.3) is 11.0 Å². The predicted octanol–water partition coefficient (Wildman–Crippen LogP) is 1.48. The molecular formula is C22H26N6O4S. The molecule has 10 nitrogen and oxygen atoms in total. The lowest BCUT2D eigenvalue weighted by Gasteiger charge is -2.25. The zero-order valence-electron chi connectivity index (χ0n) is 18.6. The van der Waals surface area contributed by atoms with E-state index < -0.39 is 10.0 Å². The average molecular weight is 471 g/mol. The third kappa shape index (κ3) is 3.85. The molecule has 2 aliphatic heterocycles. The highest BCUT2D eigenvalue weighted by Crippen LogP contribution is 2.31. The molecule has 2 aliphatic rings. The van der Waals surface area contributed by atoms with Gasteiger partial charge >= 0.3 is 0 Å². The van der Waals surface area contributed by atoms with E-state index in [2.05, 4.69) is 0 Å². The Hall–Kier alpha value is -3.02. The van der Waals surface area contributed by atoms with Gasteiger partial charge in [0.2, 0.25) is 10.0 Å². The molecule has 0 saturated carbocycles. The molecule has 1 aromatic carbocycles. The second-order valence-electron chi connectivity index (χ2n) is 8.28. The summed E-state index contributed by atoms with van der Waals surface area (Å²) in [5, 5.41) is 0. The minimum atomic E-state index is -3.71. The van der Waals surface area contributed by atoms with Crippen molar-refractivity contribution >= 4 is 38.6 Å². The Morgan fingerprint density at radius 3 is 2.33 bits per heavy atom. The van der Waals surface area contributed by atoms with Crippen LogP contribution in [0.15, 0.2) is 41.4 Å². The molecule has 1 saturated heterocycles. The van der Waals surface area contributed by atoms with Gasteiger partial charge in [-0.15, -0.1) is 0 Å². The summed E-state index contributed by atoms with van der Waals surface area (Å²) in [5.41, 5.74) is 1.74. The summed E-state index contributed by atoms with van der Waals surface area (Å²) >= 11 is 0. The first kappa shape index (κ1) is 21.8. The van der Waals surface area contributed by atoms with E-state index in [1.807, 2.05) is 36.2 Å². The fourth-order valence-electron chi connectivity index (χ4n) is 4.26. The zero-order valence-corrected chi connectivity index (χ0v) is 19.5. The normalized spacial score (nSPS) is 17.8. The number of benzene rings is 1. The second-order valence-corrected chi connectivity index (χ2v) is 10.2. The molecule has 0 spiro atoms. The van der Waals surface area contributed by atoms with Crippen LogP contribution in [0.4, 0.5) is 11.6 Å². The van der Waals surface area contributed by atoms with Crippen LogP contribution in [0.3, 0.4) is 0 Å². The minimum absolute atomic E-state index is 0.104. The summed E-state index contributed by atoms with van der Waals surface area (Å²) in [5.74, 6) is 0.814. The highest BCUT2D eigenvalue weighted by Gasteiger charge is 2.32. The zero-order chi connectivity index (χ0) is 23.2. The Morgan fingerprint density at radius 2 is 1.64 bits per heavy atom. The van der Waals surface area contributed by atoms with E-state index in [0.717, 1.165) is 18.5 Å². The number of nitrogens with zero attached hydrogens (tertiary/aromatic N) is 6. The van der Waals surface area contributed by atoms with E-state index in [9.17, 15) is 13.2 Å². The van der Waals surface area contributed by atoms with Crippen molar-refractivity contribution < 1.29 is 17.9 Å². The molecule has 0 radical (unpaired) electrons. The lowest BCUT2D eigenvalue weighted by molar-refractivity contribution is 0.0730. The van der Waals surface area contributed by atoms with E-state index in [1.165, 1.54) is 16.6 Å². The number of morpholine rings is 1.